The molecule has 102 valence electrons. The molecule has 0 saturated carbocycles. The number of thiophene rings is 3. The second kappa shape index (κ2) is 6.04. The second-order valence-corrected chi connectivity index (χ2v) is 7.87. The Kier molecular flexibility index (Phi) is 4.15. The van der Waals surface area contributed by atoms with Gasteiger partial charge in [-0.25, -0.2) is 0 Å². The predicted octanol–water partition coefficient (Wildman–Crippen LogP) is 5.97. The highest BCUT2D eigenvalue weighted by Gasteiger charge is 2.09. The van der Waals surface area contributed by atoms with Crippen molar-refractivity contribution in [3.05, 3.63) is 46.2 Å². The number of hydrogen-bond acceptors (Lipinski definition) is 4. The van der Waals surface area contributed by atoms with E-state index in [1.54, 1.807) is 22.7 Å². The first-order valence-electron chi connectivity index (χ1n) is 6.54. The van der Waals surface area contributed by atoms with Crippen LogP contribution < -0.4 is 0 Å². The zero-order chi connectivity index (χ0) is 13.9. The Morgan fingerprint density at radius 3 is 2.10 bits per heavy atom. The van der Waals surface area contributed by atoms with Crippen LogP contribution in [0.25, 0.3) is 19.5 Å². The Bertz CT molecular complexity index is 718. The molecular formula is C16H14OS3. The van der Waals surface area contributed by atoms with Crippen LogP contribution in [0.3, 0.4) is 0 Å². The summed E-state index contributed by atoms with van der Waals surface area (Å²) in [6, 6.07) is 12.7. The smallest absolute Gasteiger partial charge is 0.160 e. The summed E-state index contributed by atoms with van der Waals surface area (Å²) in [5.74, 6) is 0. The fraction of sp³-hybridized carbons (Fsp3) is 0.188. The average molecular weight is 318 g/mol. The minimum Gasteiger partial charge on any atom is -0.297 e. The third-order valence-corrected chi connectivity index (χ3v) is 6.63. The van der Waals surface area contributed by atoms with E-state index in [1.165, 1.54) is 30.8 Å². The normalized spacial score (nSPS) is 10.8. The van der Waals surface area contributed by atoms with E-state index in [2.05, 4.69) is 31.2 Å². The molecule has 0 aromatic carbocycles. The van der Waals surface area contributed by atoms with E-state index < -0.39 is 0 Å². The van der Waals surface area contributed by atoms with Gasteiger partial charge in [-0.1, -0.05) is 13.3 Å². The van der Waals surface area contributed by atoms with Crippen LogP contribution in [0.4, 0.5) is 0 Å². The molecule has 0 radical (unpaired) electrons. The highest BCUT2D eigenvalue weighted by Crippen LogP contribution is 2.39. The first kappa shape index (κ1) is 13.7. The Balaban J connectivity index is 1.87. The van der Waals surface area contributed by atoms with Gasteiger partial charge in [-0.3, -0.25) is 4.79 Å². The molecule has 0 amide bonds. The van der Waals surface area contributed by atoms with Crippen LogP contribution in [0.5, 0.6) is 0 Å². The molecule has 3 rings (SSSR count). The highest BCUT2D eigenvalue weighted by atomic mass is 32.1. The van der Waals surface area contributed by atoms with E-state index in [1.807, 2.05) is 23.5 Å². The summed E-state index contributed by atoms with van der Waals surface area (Å²) in [7, 11) is 0. The Hall–Kier alpha value is -1.23. The second-order valence-electron chi connectivity index (χ2n) is 4.50. The van der Waals surface area contributed by atoms with Gasteiger partial charge in [0.25, 0.3) is 0 Å². The molecule has 20 heavy (non-hydrogen) atoms. The fourth-order valence-electron chi connectivity index (χ4n) is 2.04. The topological polar surface area (TPSA) is 17.1 Å². The van der Waals surface area contributed by atoms with Gasteiger partial charge < -0.3 is 0 Å². The van der Waals surface area contributed by atoms with Gasteiger partial charge in [0, 0.05) is 24.4 Å². The van der Waals surface area contributed by atoms with Crippen molar-refractivity contribution in [1.82, 2.24) is 0 Å². The van der Waals surface area contributed by atoms with Crippen LogP contribution in [0.1, 0.15) is 27.9 Å². The molecule has 1 nitrogen and oxygen atoms in total. The number of carbonyl (C=O) groups is 1. The van der Waals surface area contributed by atoms with Gasteiger partial charge in [-0.15, -0.1) is 34.0 Å². The van der Waals surface area contributed by atoms with E-state index in [0.717, 1.165) is 17.6 Å². The largest absolute Gasteiger partial charge is 0.297 e. The molecular weight excluding hydrogens is 304 g/mol. The van der Waals surface area contributed by atoms with Crippen molar-refractivity contribution >= 4 is 40.3 Å². The van der Waals surface area contributed by atoms with Crippen molar-refractivity contribution in [2.24, 2.45) is 0 Å². The Morgan fingerprint density at radius 2 is 1.45 bits per heavy atom. The average Bonchev–Trinajstić information content (AvgIpc) is 3.18. The number of rotatable bonds is 5. The molecule has 0 bridgehead atoms. The molecule has 0 aliphatic carbocycles. The zero-order valence-electron chi connectivity index (χ0n) is 11.1. The summed E-state index contributed by atoms with van der Waals surface area (Å²) in [5.41, 5.74) is 0. The van der Waals surface area contributed by atoms with Crippen molar-refractivity contribution < 1.29 is 4.79 Å². The van der Waals surface area contributed by atoms with Crippen LogP contribution in [0.15, 0.2) is 36.4 Å². The fourth-order valence-corrected chi connectivity index (χ4v) is 5.16. The summed E-state index contributed by atoms with van der Waals surface area (Å²) >= 11 is 5.24. The molecule has 3 aromatic rings. The van der Waals surface area contributed by atoms with E-state index in [-0.39, 0.29) is 0 Å². The van der Waals surface area contributed by atoms with Crippen LogP contribution in [0.2, 0.25) is 0 Å². The lowest BCUT2D eigenvalue weighted by molar-refractivity contribution is 0.112. The molecule has 0 fully saturated rings. The van der Waals surface area contributed by atoms with Crippen molar-refractivity contribution in [3.8, 4) is 19.5 Å². The Labute approximate surface area is 130 Å². The lowest BCUT2D eigenvalue weighted by atomic mass is 10.3. The van der Waals surface area contributed by atoms with E-state index in [0.29, 0.717) is 0 Å². The van der Waals surface area contributed by atoms with Gasteiger partial charge in [0.1, 0.15) is 0 Å². The maximum absolute atomic E-state index is 10.8. The minimum absolute atomic E-state index is 0.788. The van der Waals surface area contributed by atoms with Crippen molar-refractivity contribution in [2.75, 3.05) is 0 Å². The summed E-state index contributed by atoms with van der Waals surface area (Å²) in [5, 5.41) is 0. The van der Waals surface area contributed by atoms with E-state index in [9.17, 15) is 4.79 Å². The standard InChI is InChI=1S/C16H14OS3/c1-2-3-11-4-6-13(18-11)15-8-9-16(20-15)14-7-5-12(10-17)19-14/h4-10H,2-3H2,1H3. The van der Waals surface area contributed by atoms with Crippen molar-refractivity contribution in [1.29, 1.82) is 0 Å². The molecule has 3 aromatic heterocycles. The summed E-state index contributed by atoms with van der Waals surface area (Å²) in [6.07, 6.45) is 3.27. The van der Waals surface area contributed by atoms with Gasteiger partial charge in [-0.2, -0.15) is 0 Å². The third kappa shape index (κ3) is 2.77. The molecule has 0 N–H and O–H groups in total. The van der Waals surface area contributed by atoms with Crippen LogP contribution in [-0.4, -0.2) is 6.29 Å². The van der Waals surface area contributed by atoms with Crippen molar-refractivity contribution in [3.63, 3.8) is 0 Å². The molecule has 4 heteroatoms. The molecule has 0 atom stereocenters. The maximum atomic E-state index is 10.8. The molecule has 0 aliphatic heterocycles. The van der Waals surface area contributed by atoms with Gasteiger partial charge >= 0.3 is 0 Å². The van der Waals surface area contributed by atoms with Gasteiger partial charge in [-0.05, 0) is 42.8 Å². The van der Waals surface area contributed by atoms with Gasteiger partial charge in [0.2, 0.25) is 0 Å². The van der Waals surface area contributed by atoms with E-state index in [4.69, 9.17) is 0 Å². The van der Waals surface area contributed by atoms with Gasteiger partial charge in [0.15, 0.2) is 6.29 Å². The molecule has 0 spiro atoms. The number of aldehydes is 1. The molecule has 0 unspecified atom stereocenters. The van der Waals surface area contributed by atoms with Gasteiger partial charge in [0.05, 0.1) is 4.88 Å². The Morgan fingerprint density at radius 1 is 0.850 bits per heavy atom. The number of aryl methyl sites for hydroxylation is 1. The number of carbonyl (C=O) groups excluding carboxylic acids is 1. The first-order valence-corrected chi connectivity index (χ1v) is 8.99. The van der Waals surface area contributed by atoms with Crippen LogP contribution in [0, 0.1) is 0 Å². The summed E-state index contributed by atoms with van der Waals surface area (Å²) in [4.78, 5) is 18.1. The first-order chi connectivity index (χ1) is 9.80. The zero-order valence-corrected chi connectivity index (χ0v) is 13.5. The summed E-state index contributed by atoms with van der Waals surface area (Å²) < 4.78 is 0. The third-order valence-electron chi connectivity index (χ3n) is 2.99. The molecule has 0 aliphatic rings. The number of hydrogen-bond donors (Lipinski definition) is 0. The highest BCUT2D eigenvalue weighted by molar-refractivity contribution is 7.26. The SMILES string of the molecule is CCCc1ccc(-c2ccc(-c3ccc(C=O)s3)s2)s1. The summed E-state index contributed by atoms with van der Waals surface area (Å²) in [6.45, 7) is 2.21. The van der Waals surface area contributed by atoms with Crippen LogP contribution >= 0.6 is 34.0 Å². The minimum atomic E-state index is 0.788. The quantitative estimate of drug-likeness (QED) is 0.530. The predicted molar refractivity (Wildman–Crippen MR) is 90.3 cm³/mol. The van der Waals surface area contributed by atoms with Crippen molar-refractivity contribution in [2.45, 2.75) is 19.8 Å². The molecule has 3 heterocycles. The maximum Gasteiger partial charge on any atom is 0.160 e. The monoisotopic (exact) mass is 318 g/mol. The lowest BCUT2D eigenvalue weighted by Crippen LogP contribution is -1.71. The lowest BCUT2D eigenvalue weighted by Gasteiger charge is -1.91. The molecule has 0 saturated heterocycles. The van der Waals surface area contributed by atoms with Crippen LogP contribution in [-0.2, 0) is 6.42 Å². The van der Waals surface area contributed by atoms with E-state index >= 15 is 0 Å².